The smallest absolute Gasteiger partial charge is 0.251 e. The predicted octanol–water partition coefficient (Wildman–Crippen LogP) is 1.75. The molecule has 0 bridgehead atoms. The first-order chi connectivity index (χ1) is 7.20. The van der Waals surface area contributed by atoms with Gasteiger partial charge in [0.15, 0.2) is 0 Å². The molecule has 1 aliphatic carbocycles. The lowest BCUT2D eigenvalue weighted by Crippen LogP contribution is -2.26. The minimum absolute atomic E-state index is 0.211. The molecule has 4 heteroatoms. The molecule has 1 N–H and O–H groups in total. The molecule has 2 rings (SSSR count). The summed E-state index contributed by atoms with van der Waals surface area (Å²) in [4.78, 5) is 15.0. The summed E-state index contributed by atoms with van der Waals surface area (Å²) >= 11 is 0. The average Bonchev–Trinajstić information content (AvgIpc) is 2.96. The van der Waals surface area contributed by atoms with Crippen molar-refractivity contribution in [3.63, 3.8) is 0 Å². The molecule has 1 heterocycles. The van der Waals surface area contributed by atoms with Gasteiger partial charge < -0.3 is 5.32 Å². The van der Waals surface area contributed by atoms with Crippen LogP contribution in [0.3, 0.4) is 0 Å². The molecule has 0 spiro atoms. The van der Waals surface area contributed by atoms with Crippen molar-refractivity contribution in [2.45, 2.75) is 25.8 Å². The number of aromatic nitrogens is 1. The fourth-order valence-electron chi connectivity index (χ4n) is 1.67. The molecule has 1 aliphatic rings. The minimum Gasteiger partial charge on any atom is -0.349 e. The zero-order valence-corrected chi connectivity index (χ0v) is 8.53. The van der Waals surface area contributed by atoms with E-state index >= 15 is 0 Å². The SMILES string of the molecule is CCC1CC1NC(=O)c1ccnc(F)c1. The maximum atomic E-state index is 12.7. The predicted molar refractivity (Wildman–Crippen MR) is 53.8 cm³/mol. The van der Waals surface area contributed by atoms with Gasteiger partial charge in [-0.15, -0.1) is 0 Å². The van der Waals surface area contributed by atoms with E-state index in [9.17, 15) is 9.18 Å². The number of carbonyl (C=O) groups excluding carboxylic acids is 1. The number of halogens is 1. The molecule has 1 fully saturated rings. The minimum atomic E-state index is -0.620. The molecule has 1 aromatic heterocycles. The van der Waals surface area contributed by atoms with Crippen LogP contribution in [-0.2, 0) is 0 Å². The Labute approximate surface area is 87.7 Å². The van der Waals surface area contributed by atoms with Gasteiger partial charge in [-0.05, 0) is 18.4 Å². The molecule has 2 unspecified atom stereocenters. The van der Waals surface area contributed by atoms with Crippen molar-refractivity contribution in [3.05, 3.63) is 29.8 Å². The normalized spacial score (nSPS) is 23.6. The van der Waals surface area contributed by atoms with Gasteiger partial charge >= 0.3 is 0 Å². The molecule has 0 radical (unpaired) electrons. The summed E-state index contributed by atoms with van der Waals surface area (Å²) in [5.74, 6) is -0.233. The van der Waals surface area contributed by atoms with Crippen molar-refractivity contribution in [2.75, 3.05) is 0 Å². The van der Waals surface area contributed by atoms with E-state index < -0.39 is 5.95 Å². The van der Waals surface area contributed by atoms with E-state index in [0.717, 1.165) is 18.9 Å². The Morgan fingerprint density at radius 2 is 2.53 bits per heavy atom. The van der Waals surface area contributed by atoms with Gasteiger partial charge in [0.05, 0.1) is 0 Å². The van der Waals surface area contributed by atoms with Gasteiger partial charge in [0, 0.05) is 23.9 Å². The fourth-order valence-corrected chi connectivity index (χ4v) is 1.67. The van der Waals surface area contributed by atoms with E-state index in [1.807, 2.05) is 0 Å². The number of carbonyl (C=O) groups is 1. The summed E-state index contributed by atoms with van der Waals surface area (Å²) in [6, 6.07) is 2.94. The van der Waals surface area contributed by atoms with Gasteiger partial charge in [-0.2, -0.15) is 4.39 Å². The standard InChI is InChI=1S/C11H13FN2O/c1-2-7-5-9(7)14-11(15)8-3-4-13-10(12)6-8/h3-4,6-7,9H,2,5H2,1H3,(H,14,15). The molecule has 1 aromatic rings. The van der Waals surface area contributed by atoms with Gasteiger partial charge in [-0.3, -0.25) is 4.79 Å². The quantitative estimate of drug-likeness (QED) is 0.769. The first kappa shape index (κ1) is 10.1. The van der Waals surface area contributed by atoms with Gasteiger partial charge in [0.1, 0.15) is 0 Å². The van der Waals surface area contributed by atoms with Crippen LogP contribution in [0.5, 0.6) is 0 Å². The second-order valence-electron chi connectivity index (χ2n) is 3.85. The van der Waals surface area contributed by atoms with E-state index in [0.29, 0.717) is 11.5 Å². The highest BCUT2D eigenvalue weighted by Crippen LogP contribution is 2.33. The summed E-state index contributed by atoms with van der Waals surface area (Å²) in [7, 11) is 0. The van der Waals surface area contributed by atoms with E-state index in [1.54, 1.807) is 0 Å². The molecular weight excluding hydrogens is 195 g/mol. The van der Waals surface area contributed by atoms with Crippen LogP contribution in [0.25, 0.3) is 0 Å². The zero-order chi connectivity index (χ0) is 10.8. The lowest BCUT2D eigenvalue weighted by molar-refractivity contribution is 0.0948. The Morgan fingerprint density at radius 1 is 1.73 bits per heavy atom. The average molecular weight is 208 g/mol. The van der Waals surface area contributed by atoms with Crippen molar-refractivity contribution in [2.24, 2.45) is 5.92 Å². The number of hydrogen-bond donors (Lipinski definition) is 1. The third-order valence-corrected chi connectivity index (χ3v) is 2.75. The van der Waals surface area contributed by atoms with Crippen molar-refractivity contribution < 1.29 is 9.18 Å². The van der Waals surface area contributed by atoms with Crippen molar-refractivity contribution in [1.29, 1.82) is 0 Å². The van der Waals surface area contributed by atoms with Crippen LogP contribution in [0.4, 0.5) is 4.39 Å². The number of pyridine rings is 1. The third-order valence-electron chi connectivity index (χ3n) is 2.75. The Balaban J connectivity index is 1.97. The molecule has 15 heavy (non-hydrogen) atoms. The van der Waals surface area contributed by atoms with Crippen molar-refractivity contribution in [1.82, 2.24) is 10.3 Å². The second-order valence-corrected chi connectivity index (χ2v) is 3.85. The lowest BCUT2D eigenvalue weighted by Gasteiger charge is -2.03. The van der Waals surface area contributed by atoms with E-state index in [-0.39, 0.29) is 11.9 Å². The molecule has 0 aliphatic heterocycles. The van der Waals surface area contributed by atoms with Crippen molar-refractivity contribution >= 4 is 5.91 Å². The fraction of sp³-hybridized carbons (Fsp3) is 0.455. The molecule has 1 saturated carbocycles. The molecule has 0 saturated heterocycles. The first-order valence-corrected chi connectivity index (χ1v) is 5.13. The topological polar surface area (TPSA) is 42.0 Å². The van der Waals surface area contributed by atoms with E-state index in [4.69, 9.17) is 0 Å². The summed E-state index contributed by atoms with van der Waals surface area (Å²) in [6.45, 7) is 2.10. The van der Waals surface area contributed by atoms with E-state index in [1.165, 1.54) is 12.3 Å². The molecule has 3 nitrogen and oxygen atoms in total. The Morgan fingerprint density at radius 3 is 3.13 bits per heavy atom. The van der Waals surface area contributed by atoms with Crippen LogP contribution in [0.15, 0.2) is 18.3 Å². The number of rotatable bonds is 3. The van der Waals surface area contributed by atoms with Crippen LogP contribution in [0.2, 0.25) is 0 Å². The number of hydrogen-bond acceptors (Lipinski definition) is 2. The second kappa shape index (κ2) is 3.96. The molecular formula is C11H13FN2O. The van der Waals surface area contributed by atoms with E-state index in [2.05, 4.69) is 17.2 Å². The zero-order valence-electron chi connectivity index (χ0n) is 8.53. The van der Waals surface area contributed by atoms with Gasteiger partial charge in [0.2, 0.25) is 5.95 Å². The highest BCUT2D eigenvalue weighted by Gasteiger charge is 2.36. The molecule has 0 aromatic carbocycles. The molecule has 1 amide bonds. The van der Waals surface area contributed by atoms with Crippen LogP contribution < -0.4 is 5.32 Å². The Hall–Kier alpha value is -1.45. The highest BCUT2D eigenvalue weighted by atomic mass is 19.1. The maximum Gasteiger partial charge on any atom is 0.251 e. The summed E-state index contributed by atoms with van der Waals surface area (Å²) in [5, 5.41) is 2.86. The lowest BCUT2D eigenvalue weighted by atomic mass is 10.2. The van der Waals surface area contributed by atoms with Gasteiger partial charge in [-0.1, -0.05) is 13.3 Å². The Bertz CT molecular complexity index is 381. The largest absolute Gasteiger partial charge is 0.349 e. The summed E-state index contributed by atoms with van der Waals surface area (Å²) in [5.41, 5.74) is 0.337. The third kappa shape index (κ3) is 2.32. The Kier molecular flexibility index (Phi) is 2.66. The summed E-state index contributed by atoms with van der Waals surface area (Å²) < 4.78 is 12.7. The van der Waals surface area contributed by atoms with Crippen LogP contribution in [-0.4, -0.2) is 16.9 Å². The van der Waals surface area contributed by atoms with Crippen molar-refractivity contribution in [3.8, 4) is 0 Å². The number of amides is 1. The maximum absolute atomic E-state index is 12.7. The molecule has 80 valence electrons. The van der Waals surface area contributed by atoms with Crippen LogP contribution in [0, 0.1) is 11.9 Å². The van der Waals surface area contributed by atoms with Crippen LogP contribution >= 0.6 is 0 Å². The van der Waals surface area contributed by atoms with Gasteiger partial charge in [-0.25, -0.2) is 4.98 Å². The van der Waals surface area contributed by atoms with Gasteiger partial charge in [0.25, 0.3) is 5.91 Å². The number of nitrogens with one attached hydrogen (secondary N) is 1. The number of nitrogens with zero attached hydrogens (tertiary/aromatic N) is 1. The first-order valence-electron chi connectivity index (χ1n) is 5.13. The molecule has 2 atom stereocenters. The monoisotopic (exact) mass is 208 g/mol. The summed E-state index contributed by atoms with van der Waals surface area (Å²) in [6.07, 6.45) is 3.42. The highest BCUT2D eigenvalue weighted by molar-refractivity contribution is 5.94. The van der Waals surface area contributed by atoms with Crippen LogP contribution in [0.1, 0.15) is 30.1 Å².